The summed E-state index contributed by atoms with van der Waals surface area (Å²) in [6, 6.07) is 17.8. The number of rotatable bonds is 10. The van der Waals surface area contributed by atoms with E-state index in [1.807, 2.05) is 81.6 Å². The summed E-state index contributed by atoms with van der Waals surface area (Å²) in [5, 5.41) is 21.4. The maximum Gasteiger partial charge on any atom is 0.362 e. The fourth-order valence-electron chi connectivity index (χ4n) is 10.1. The normalized spacial score (nSPS) is 23.1. The summed E-state index contributed by atoms with van der Waals surface area (Å²) in [5.41, 5.74) is 5.80. The van der Waals surface area contributed by atoms with Crippen molar-refractivity contribution in [2.75, 3.05) is 55.6 Å². The van der Waals surface area contributed by atoms with E-state index in [9.17, 15) is 19.8 Å². The monoisotopic (exact) mass is 796 g/mol. The van der Waals surface area contributed by atoms with Crippen molar-refractivity contribution in [1.82, 2.24) is 0 Å². The summed E-state index contributed by atoms with van der Waals surface area (Å²) in [6.07, 6.45) is 3.10. The molecule has 308 valence electrons. The maximum absolute atomic E-state index is 13.1. The highest BCUT2D eigenvalue weighted by Gasteiger charge is 2.51. The second-order valence-corrected chi connectivity index (χ2v) is 16.2. The lowest BCUT2D eigenvalue weighted by molar-refractivity contribution is -0.956. The first-order chi connectivity index (χ1) is 27.8. The van der Waals surface area contributed by atoms with Crippen molar-refractivity contribution >= 4 is 11.9 Å². The third-order valence-corrected chi connectivity index (χ3v) is 13.2. The first-order valence-corrected chi connectivity index (χ1v) is 20.1. The fourth-order valence-corrected chi connectivity index (χ4v) is 10.1. The third-order valence-electron chi connectivity index (χ3n) is 13.2. The Morgan fingerprint density at radius 3 is 1.81 bits per heavy atom. The lowest BCUT2D eigenvalue weighted by atomic mass is 9.83. The summed E-state index contributed by atoms with van der Waals surface area (Å²) in [6.45, 7) is 5.04. The molecule has 4 aromatic rings. The average Bonchev–Trinajstić information content (AvgIpc) is 3.20. The Labute approximate surface area is 340 Å². The number of hydrogen-bond donors (Lipinski definition) is 2. The molecule has 0 amide bonds. The summed E-state index contributed by atoms with van der Waals surface area (Å²) < 4.78 is 38.1. The molecule has 0 spiro atoms. The van der Waals surface area contributed by atoms with Gasteiger partial charge in [-0.25, -0.2) is 9.59 Å². The van der Waals surface area contributed by atoms with E-state index in [4.69, 9.17) is 28.4 Å². The van der Waals surface area contributed by atoms with Gasteiger partial charge in [-0.3, -0.25) is 0 Å². The van der Waals surface area contributed by atoms with Gasteiger partial charge in [-0.1, -0.05) is 32.0 Å². The summed E-state index contributed by atoms with van der Waals surface area (Å²) in [4.78, 5) is 26.1. The van der Waals surface area contributed by atoms with Crippen LogP contribution in [0.5, 0.6) is 46.0 Å². The first-order valence-electron chi connectivity index (χ1n) is 20.1. The van der Waals surface area contributed by atoms with Gasteiger partial charge in [-0.15, -0.1) is 0 Å². The minimum absolute atomic E-state index is 0.210. The predicted octanol–water partition coefficient (Wildman–Crippen LogP) is 7.92. The van der Waals surface area contributed by atoms with Gasteiger partial charge in [-0.2, -0.15) is 0 Å². The van der Waals surface area contributed by atoms with Crippen LogP contribution in [0.1, 0.15) is 72.2 Å². The lowest BCUT2D eigenvalue weighted by Gasteiger charge is -2.49. The van der Waals surface area contributed by atoms with Gasteiger partial charge in [0, 0.05) is 44.1 Å². The van der Waals surface area contributed by atoms with Crippen molar-refractivity contribution in [2.24, 2.45) is 0 Å². The molecule has 4 aromatic carbocycles. The average molecular weight is 797 g/mol. The standard InChI is InChI=1S/C46H54N2O10/c1-9-33(45(49)50)47(3)19-17-29-24-38(54-6)40-26-32(29)35(47)21-27-11-14-31(15-12-27)57-39-23-28(13-16-37(39)53-5)22-36-42-30(18-20-48(36,4)34(10-2)46(51)52)25-41(55-7)43(56-8)44(42)58-40/h11-16,23-26,33-36H,9-10,17-22H2,1-8H3/p+2. The van der Waals surface area contributed by atoms with Crippen LogP contribution in [-0.4, -0.2) is 98.8 Å². The van der Waals surface area contributed by atoms with E-state index in [1.54, 1.807) is 28.4 Å². The summed E-state index contributed by atoms with van der Waals surface area (Å²) >= 11 is 0. The molecule has 0 radical (unpaired) electrons. The van der Waals surface area contributed by atoms with Gasteiger partial charge in [-0.05, 0) is 64.7 Å². The smallest absolute Gasteiger partial charge is 0.362 e. The van der Waals surface area contributed by atoms with Crippen molar-refractivity contribution in [3.8, 4) is 46.0 Å². The number of likely N-dealkylation sites (N-methyl/N-ethyl adjacent to an activating group) is 2. The van der Waals surface area contributed by atoms with Crippen molar-refractivity contribution in [3.05, 3.63) is 94.0 Å². The van der Waals surface area contributed by atoms with Gasteiger partial charge in [0.05, 0.1) is 61.2 Å². The maximum atomic E-state index is 13.1. The molecule has 4 aliphatic rings. The molecule has 0 saturated carbocycles. The zero-order valence-electron chi connectivity index (χ0n) is 34.8. The molecule has 4 heterocycles. The highest BCUT2D eigenvalue weighted by molar-refractivity contribution is 5.73. The molecule has 0 fully saturated rings. The summed E-state index contributed by atoms with van der Waals surface area (Å²) in [7, 11) is 10.5. The van der Waals surface area contributed by atoms with Crippen LogP contribution in [0.2, 0.25) is 0 Å². The van der Waals surface area contributed by atoms with Gasteiger partial charge in [0.1, 0.15) is 17.8 Å². The highest BCUT2D eigenvalue weighted by Crippen LogP contribution is 2.54. The molecule has 8 rings (SSSR count). The van der Waals surface area contributed by atoms with E-state index in [0.29, 0.717) is 102 Å². The van der Waals surface area contributed by atoms with E-state index in [1.165, 1.54) is 0 Å². The van der Waals surface area contributed by atoms with Crippen LogP contribution in [0.4, 0.5) is 0 Å². The van der Waals surface area contributed by atoms with E-state index in [2.05, 4.69) is 7.05 Å². The fraction of sp³-hybridized carbons (Fsp3) is 0.435. The Kier molecular flexibility index (Phi) is 11.3. The van der Waals surface area contributed by atoms with Crippen LogP contribution in [0.25, 0.3) is 0 Å². The largest absolute Gasteiger partial charge is 0.493 e. The number of carbonyl (C=O) groups is 2. The van der Waals surface area contributed by atoms with E-state index < -0.39 is 30.1 Å². The number of hydrogen-bond acceptors (Lipinski definition) is 8. The Morgan fingerprint density at radius 2 is 1.22 bits per heavy atom. The Balaban J connectivity index is 1.55. The molecular formula is C46H56N2O10+2. The van der Waals surface area contributed by atoms with Crippen LogP contribution in [0, 0.1) is 0 Å². The predicted molar refractivity (Wildman–Crippen MR) is 218 cm³/mol. The van der Waals surface area contributed by atoms with Gasteiger partial charge in [0.2, 0.25) is 5.75 Å². The topological polar surface area (TPSA) is 130 Å². The Morgan fingerprint density at radius 1 is 0.672 bits per heavy atom. The first kappa shape index (κ1) is 40.7. The second-order valence-electron chi connectivity index (χ2n) is 16.2. The van der Waals surface area contributed by atoms with Crippen molar-refractivity contribution in [2.45, 2.75) is 76.5 Å². The van der Waals surface area contributed by atoms with E-state index >= 15 is 0 Å². The second kappa shape index (κ2) is 16.1. The molecule has 12 nitrogen and oxygen atoms in total. The molecule has 0 aromatic heterocycles. The summed E-state index contributed by atoms with van der Waals surface area (Å²) in [5.74, 6) is 2.28. The lowest BCUT2D eigenvalue weighted by Crippen LogP contribution is -2.60. The molecule has 12 heteroatoms. The van der Waals surface area contributed by atoms with E-state index in [-0.39, 0.29) is 10.5 Å². The zero-order chi connectivity index (χ0) is 41.5. The number of methoxy groups -OCH3 is 4. The number of aliphatic carboxylic acids is 2. The van der Waals surface area contributed by atoms with Crippen molar-refractivity contribution in [3.63, 3.8) is 0 Å². The van der Waals surface area contributed by atoms with Gasteiger partial charge >= 0.3 is 11.9 Å². The van der Waals surface area contributed by atoms with Gasteiger partial charge in [0.25, 0.3) is 0 Å². The minimum atomic E-state index is -0.867. The van der Waals surface area contributed by atoms with Gasteiger partial charge in [0.15, 0.2) is 46.6 Å². The number of quaternary nitrogens is 2. The number of benzene rings is 4. The number of carboxylic acids is 2. The molecule has 58 heavy (non-hydrogen) atoms. The van der Waals surface area contributed by atoms with Gasteiger partial charge < -0.3 is 47.6 Å². The molecule has 0 aliphatic carbocycles. The zero-order valence-corrected chi connectivity index (χ0v) is 34.8. The minimum Gasteiger partial charge on any atom is -0.493 e. The van der Waals surface area contributed by atoms with Crippen LogP contribution < -0.4 is 28.4 Å². The van der Waals surface area contributed by atoms with Crippen LogP contribution in [0.15, 0.2) is 60.7 Å². The number of carboxylic acid groups (broad SMARTS) is 2. The van der Waals surface area contributed by atoms with Crippen LogP contribution in [-0.2, 0) is 35.3 Å². The Hall–Kier alpha value is -5.46. The molecule has 6 atom stereocenters. The molecule has 6 bridgehead atoms. The van der Waals surface area contributed by atoms with Crippen LogP contribution in [0.3, 0.4) is 0 Å². The molecule has 2 N–H and O–H groups in total. The molecular weight excluding hydrogens is 741 g/mol. The Bertz CT molecular complexity index is 2210. The highest BCUT2D eigenvalue weighted by atomic mass is 16.5. The SMILES string of the molecule is CCC(C(=O)O)[N+]1(C)CCc2cc(OC)c3cc2C1Cc1ccc(cc1)Oc1cc(ccc1OC)CC1c2c(cc(OC)c(OC)c2O3)CC[N+]1(C)C(CC)C(=O)O. The number of ether oxygens (including phenoxy) is 6. The van der Waals surface area contributed by atoms with Crippen molar-refractivity contribution in [1.29, 1.82) is 0 Å². The molecule has 0 saturated heterocycles. The van der Waals surface area contributed by atoms with Crippen molar-refractivity contribution < 1.29 is 57.2 Å². The molecule has 4 aliphatic heterocycles. The molecule has 6 unspecified atom stereocenters. The third kappa shape index (κ3) is 6.96. The van der Waals surface area contributed by atoms with Crippen LogP contribution >= 0.6 is 0 Å². The van der Waals surface area contributed by atoms with E-state index in [0.717, 1.165) is 33.4 Å². The number of nitrogens with zero attached hydrogens (tertiary/aromatic N) is 2. The number of fused-ring (bicyclic) bond motifs is 2. The quantitative estimate of drug-likeness (QED) is 0.153.